The average Bonchev–Trinajstić information content (AvgIpc) is 3.16. The highest BCUT2D eigenvalue weighted by molar-refractivity contribution is 7.89. The number of hydrogen-bond donors (Lipinski definition) is 1. The highest BCUT2D eigenvalue weighted by Crippen LogP contribution is 2.41. The second kappa shape index (κ2) is 7.75. The predicted molar refractivity (Wildman–Crippen MR) is 99.8 cm³/mol. The second-order valence-corrected chi connectivity index (χ2v) is 8.83. The van der Waals surface area contributed by atoms with E-state index in [0.29, 0.717) is 0 Å². The molecule has 0 aliphatic heterocycles. The lowest BCUT2D eigenvalue weighted by Gasteiger charge is -2.30. The Morgan fingerprint density at radius 1 is 1.00 bits per heavy atom. The maximum atomic E-state index is 12.7. The Kier molecular flexibility index (Phi) is 5.72. The van der Waals surface area contributed by atoms with Gasteiger partial charge in [0.05, 0.1) is 17.6 Å². The zero-order valence-corrected chi connectivity index (χ0v) is 16.2. The summed E-state index contributed by atoms with van der Waals surface area (Å²) in [6.45, 7) is 0.197. The largest absolute Gasteiger partial charge is 0.497 e. The van der Waals surface area contributed by atoms with E-state index in [9.17, 15) is 21.6 Å². The van der Waals surface area contributed by atoms with Gasteiger partial charge in [-0.3, -0.25) is 0 Å². The number of halogens is 3. The van der Waals surface area contributed by atoms with Crippen LogP contribution in [0.25, 0.3) is 0 Å². The Bertz CT molecular complexity index is 901. The van der Waals surface area contributed by atoms with Gasteiger partial charge in [-0.2, -0.15) is 13.2 Å². The molecule has 0 amide bonds. The molecule has 0 heterocycles. The molecule has 0 bridgehead atoms. The molecule has 2 aromatic carbocycles. The number of sulfonamides is 1. The van der Waals surface area contributed by atoms with Gasteiger partial charge in [0.2, 0.25) is 10.0 Å². The first kappa shape index (κ1) is 20.7. The first-order valence-corrected chi connectivity index (χ1v) is 10.5. The van der Waals surface area contributed by atoms with Gasteiger partial charge in [-0.25, -0.2) is 13.1 Å². The Labute approximate surface area is 162 Å². The van der Waals surface area contributed by atoms with E-state index >= 15 is 0 Å². The van der Waals surface area contributed by atoms with E-state index < -0.39 is 21.8 Å². The molecule has 1 aliphatic carbocycles. The standard InChI is InChI=1S/C20H22F3NO3S/c1-27-17-8-4-15(5-9-17)19(12-2-3-13-19)14-24-28(25,26)18-10-6-16(7-11-18)20(21,22)23/h4-11,24H,2-3,12-14H2,1H3. The van der Waals surface area contributed by atoms with Crippen molar-refractivity contribution in [3.8, 4) is 5.75 Å². The van der Waals surface area contributed by atoms with Gasteiger partial charge in [-0.1, -0.05) is 25.0 Å². The normalized spacial score (nSPS) is 16.9. The van der Waals surface area contributed by atoms with Crippen molar-refractivity contribution in [2.45, 2.75) is 42.2 Å². The molecule has 1 fully saturated rings. The number of alkyl halides is 3. The SMILES string of the molecule is COc1ccc(C2(CNS(=O)(=O)c3ccc(C(F)(F)F)cc3)CCCC2)cc1. The summed E-state index contributed by atoms with van der Waals surface area (Å²) in [6, 6.07) is 11.1. The van der Waals surface area contributed by atoms with Gasteiger partial charge in [-0.05, 0) is 54.8 Å². The van der Waals surface area contributed by atoms with Gasteiger partial charge < -0.3 is 4.74 Å². The number of ether oxygens (including phenoxy) is 1. The second-order valence-electron chi connectivity index (χ2n) is 7.06. The number of nitrogens with one attached hydrogen (secondary N) is 1. The molecule has 0 spiro atoms. The fourth-order valence-electron chi connectivity index (χ4n) is 3.70. The van der Waals surface area contributed by atoms with Gasteiger partial charge in [-0.15, -0.1) is 0 Å². The number of rotatable bonds is 6. The van der Waals surface area contributed by atoms with Crippen molar-refractivity contribution in [2.24, 2.45) is 0 Å². The zero-order chi connectivity index (χ0) is 20.4. The molecular weight excluding hydrogens is 391 g/mol. The molecule has 1 aliphatic rings. The minimum Gasteiger partial charge on any atom is -0.497 e. The van der Waals surface area contributed by atoms with Crippen LogP contribution in [-0.2, 0) is 21.6 Å². The van der Waals surface area contributed by atoms with E-state index in [1.54, 1.807) is 7.11 Å². The fourth-order valence-corrected chi connectivity index (χ4v) is 4.83. The molecule has 8 heteroatoms. The Hall–Kier alpha value is -2.06. The third-order valence-corrected chi connectivity index (χ3v) is 6.77. The maximum absolute atomic E-state index is 12.7. The topological polar surface area (TPSA) is 55.4 Å². The Morgan fingerprint density at radius 3 is 2.07 bits per heavy atom. The van der Waals surface area contributed by atoms with Crippen LogP contribution in [0.4, 0.5) is 13.2 Å². The van der Waals surface area contributed by atoms with E-state index in [-0.39, 0.29) is 16.9 Å². The van der Waals surface area contributed by atoms with Crippen LogP contribution in [0, 0.1) is 0 Å². The monoisotopic (exact) mass is 413 g/mol. The predicted octanol–water partition coefficient (Wildman–Crippen LogP) is 4.50. The molecule has 0 unspecified atom stereocenters. The van der Waals surface area contributed by atoms with Crippen molar-refractivity contribution in [1.82, 2.24) is 4.72 Å². The molecular formula is C20H22F3NO3S. The van der Waals surface area contributed by atoms with Crippen molar-refractivity contribution in [3.05, 3.63) is 59.7 Å². The molecule has 3 rings (SSSR count). The summed E-state index contributed by atoms with van der Waals surface area (Å²) < 4.78 is 71.1. The van der Waals surface area contributed by atoms with Crippen LogP contribution in [-0.4, -0.2) is 22.1 Å². The summed E-state index contributed by atoms with van der Waals surface area (Å²) in [5.74, 6) is 0.724. The quantitative estimate of drug-likeness (QED) is 0.759. The van der Waals surface area contributed by atoms with Crippen LogP contribution in [0.5, 0.6) is 5.75 Å². The smallest absolute Gasteiger partial charge is 0.416 e. The maximum Gasteiger partial charge on any atom is 0.416 e. The van der Waals surface area contributed by atoms with Crippen LogP contribution >= 0.6 is 0 Å². The molecule has 0 saturated heterocycles. The molecule has 1 N–H and O–H groups in total. The lowest BCUT2D eigenvalue weighted by atomic mass is 9.79. The Balaban J connectivity index is 1.79. The third-order valence-electron chi connectivity index (χ3n) is 5.36. The van der Waals surface area contributed by atoms with Crippen LogP contribution in [0.2, 0.25) is 0 Å². The molecule has 0 aromatic heterocycles. The molecule has 152 valence electrons. The molecule has 2 aromatic rings. The summed E-state index contributed by atoms with van der Waals surface area (Å²) in [7, 11) is -2.33. The summed E-state index contributed by atoms with van der Waals surface area (Å²) in [5, 5.41) is 0. The van der Waals surface area contributed by atoms with Crippen LogP contribution in [0.1, 0.15) is 36.8 Å². The Morgan fingerprint density at radius 2 is 1.57 bits per heavy atom. The van der Waals surface area contributed by atoms with Gasteiger partial charge in [0, 0.05) is 12.0 Å². The number of hydrogen-bond acceptors (Lipinski definition) is 3. The summed E-state index contributed by atoms with van der Waals surface area (Å²) >= 11 is 0. The van der Waals surface area contributed by atoms with Crippen LogP contribution in [0.15, 0.2) is 53.4 Å². The van der Waals surface area contributed by atoms with Crippen LogP contribution < -0.4 is 9.46 Å². The number of methoxy groups -OCH3 is 1. The van der Waals surface area contributed by atoms with E-state index in [0.717, 1.165) is 61.3 Å². The lowest BCUT2D eigenvalue weighted by molar-refractivity contribution is -0.137. The van der Waals surface area contributed by atoms with Crippen molar-refractivity contribution in [1.29, 1.82) is 0 Å². The first-order chi connectivity index (χ1) is 13.2. The minimum atomic E-state index is -4.50. The van der Waals surface area contributed by atoms with Gasteiger partial charge in [0.15, 0.2) is 0 Å². The lowest BCUT2D eigenvalue weighted by Crippen LogP contribution is -2.39. The van der Waals surface area contributed by atoms with Crippen molar-refractivity contribution < 1.29 is 26.3 Å². The van der Waals surface area contributed by atoms with Gasteiger partial charge in [0.25, 0.3) is 0 Å². The zero-order valence-electron chi connectivity index (χ0n) is 15.4. The number of benzene rings is 2. The summed E-state index contributed by atoms with van der Waals surface area (Å²) in [6.07, 6.45) is -0.830. The highest BCUT2D eigenvalue weighted by Gasteiger charge is 2.37. The van der Waals surface area contributed by atoms with E-state index in [1.165, 1.54) is 0 Å². The third kappa shape index (κ3) is 4.33. The molecule has 28 heavy (non-hydrogen) atoms. The van der Waals surface area contributed by atoms with E-state index in [1.807, 2.05) is 24.3 Å². The van der Waals surface area contributed by atoms with Crippen molar-refractivity contribution in [2.75, 3.05) is 13.7 Å². The van der Waals surface area contributed by atoms with Crippen LogP contribution in [0.3, 0.4) is 0 Å². The van der Waals surface area contributed by atoms with Crippen molar-refractivity contribution >= 4 is 10.0 Å². The first-order valence-electron chi connectivity index (χ1n) is 8.98. The fraction of sp³-hybridized carbons (Fsp3) is 0.400. The van der Waals surface area contributed by atoms with E-state index in [4.69, 9.17) is 4.74 Å². The average molecular weight is 413 g/mol. The van der Waals surface area contributed by atoms with Gasteiger partial charge >= 0.3 is 6.18 Å². The summed E-state index contributed by atoms with van der Waals surface area (Å²) in [4.78, 5) is -0.177. The minimum absolute atomic E-state index is 0.177. The van der Waals surface area contributed by atoms with Crippen molar-refractivity contribution in [3.63, 3.8) is 0 Å². The molecule has 1 saturated carbocycles. The summed E-state index contributed by atoms with van der Waals surface area (Å²) in [5.41, 5.74) is -0.177. The molecule has 0 radical (unpaired) electrons. The van der Waals surface area contributed by atoms with Gasteiger partial charge in [0.1, 0.15) is 5.75 Å². The highest BCUT2D eigenvalue weighted by atomic mass is 32.2. The molecule has 0 atom stereocenters. The van der Waals surface area contributed by atoms with E-state index in [2.05, 4.69) is 4.72 Å². The molecule has 4 nitrogen and oxygen atoms in total.